The summed E-state index contributed by atoms with van der Waals surface area (Å²) in [5, 5.41) is 3.65. The normalized spacial score (nSPS) is 16.1. The molecule has 0 radical (unpaired) electrons. The van der Waals surface area contributed by atoms with Gasteiger partial charge in [-0.25, -0.2) is 23.7 Å². The van der Waals surface area contributed by atoms with Gasteiger partial charge in [-0.3, -0.25) is 9.78 Å². The van der Waals surface area contributed by atoms with Crippen LogP contribution in [0.1, 0.15) is 36.2 Å². The van der Waals surface area contributed by atoms with Gasteiger partial charge in [-0.15, -0.1) is 0 Å². The summed E-state index contributed by atoms with van der Waals surface area (Å²) in [7, 11) is 0. The van der Waals surface area contributed by atoms with Crippen LogP contribution in [0.3, 0.4) is 0 Å². The molecule has 10 heteroatoms. The van der Waals surface area contributed by atoms with E-state index >= 15 is 0 Å². The van der Waals surface area contributed by atoms with Crippen LogP contribution in [0.4, 0.5) is 14.6 Å². The second kappa shape index (κ2) is 8.19. The molecule has 0 spiro atoms. The summed E-state index contributed by atoms with van der Waals surface area (Å²) in [5.41, 5.74) is 8.12. The summed E-state index contributed by atoms with van der Waals surface area (Å²) in [6, 6.07) is 8.88. The smallest absolute Gasteiger partial charge is 0.273 e. The molecule has 4 aromatic rings. The van der Waals surface area contributed by atoms with Crippen LogP contribution in [0.15, 0.2) is 53.4 Å². The molecule has 1 fully saturated rings. The van der Waals surface area contributed by atoms with E-state index in [1.165, 1.54) is 12.5 Å². The van der Waals surface area contributed by atoms with E-state index < -0.39 is 11.8 Å². The Morgan fingerprint density at radius 3 is 2.67 bits per heavy atom. The number of pyridine rings is 1. The lowest BCUT2D eigenvalue weighted by atomic mass is 9.92. The van der Waals surface area contributed by atoms with E-state index in [-0.39, 0.29) is 54.8 Å². The molecule has 0 saturated heterocycles. The van der Waals surface area contributed by atoms with Crippen LogP contribution in [0, 0.1) is 0 Å². The molecule has 3 aromatic heterocycles. The average molecular weight is 450 g/mol. The minimum Gasteiger partial charge on any atom is -0.443 e. The highest BCUT2D eigenvalue weighted by molar-refractivity contribution is 5.98. The Morgan fingerprint density at radius 1 is 1.09 bits per heavy atom. The van der Waals surface area contributed by atoms with E-state index in [4.69, 9.17) is 10.2 Å². The number of alkyl halides is 2. The van der Waals surface area contributed by atoms with Crippen LogP contribution in [0.25, 0.3) is 33.7 Å². The summed E-state index contributed by atoms with van der Waals surface area (Å²) < 4.78 is 32.3. The van der Waals surface area contributed by atoms with Gasteiger partial charge in [0.1, 0.15) is 12.0 Å². The number of nitrogens with one attached hydrogen (secondary N) is 1. The molecule has 1 aliphatic carbocycles. The lowest BCUT2D eigenvalue weighted by Crippen LogP contribution is -2.41. The third-order valence-electron chi connectivity index (χ3n) is 5.70. The topological polar surface area (TPSA) is 120 Å². The molecular weight excluding hydrogens is 430 g/mol. The molecule has 1 aliphatic rings. The van der Waals surface area contributed by atoms with E-state index in [9.17, 15) is 13.6 Å². The Balaban J connectivity index is 1.54. The first kappa shape index (κ1) is 20.9. The van der Waals surface area contributed by atoms with E-state index in [1.807, 2.05) is 30.3 Å². The molecular formula is C23H20F2N6O2. The Kier molecular flexibility index (Phi) is 5.20. The van der Waals surface area contributed by atoms with Crippen LogP contribution in [0.5, 0.6) is 0 Å². The molecule has 0 aliphatic heterocycles. The molecule has 1 aromatic carbocycles. The summed E-state index contributed by atoms with van der Waals surface area (Å²) in [6.07, 6.45) is 4.42. The number of rotatable bonds is 4. The van der Waals surface area contributed by atoms with E-state index in [0.29, 0.717) is 11.3 Å². The molecule has 1 amide bonds. The first-order chi connectivity index (χ1) is 15.9. The number of carbonyl (C=O) groups excluding carboxylic acids is 1. The van der Waals surface area contributed by atoms with Crippen LogP contribution in [-0.2, 0) is 0 Å². The quantitative estimate of drug-likeness (QED) is 0.477. The van der Waals surface area contributed by atoms with Gasteiger partial charge in [0, 0.05) is 36.0 Å². The molecule has 8 nitrogen and oxygen atoms in total. The van der Waals surface area contributed by atoms with E-state index in [1.54, 1.807) is 6.20 Å². The van der Waals surface area contributed by atoms with E-state index in [2.05, 4.69) is 25.3 Å². The number of hydrogen-bond acceptors (Lipinski definition) is 7. The largest absolute Gasteiger partial charge is 0.443 e. The molecule has 5 rings (SSSR count). The fourth-order valence-corrected chi connectivity index (χ4v) is 3.97. The molecule has 3 N–H and O–H groups in total. The lowest BCUT2D eigenvalue weighted by Gasteiger charge is -2.28. The highest BCUT2D eigenvalue weighted by Gasteiger charge is 2.36. The number of nitrogens with two attached hydrogens (primary N) is 1. The fraction of sp³-hybridized carbons (Fsp3) is 0.261. The summed E-state index contributed by atoms with van der Waals surface area (Å²) in [5.74, 6) is -3.14. The number of hydrogen-bond donors (Lipinski definition) is 2. The van der Waals surface area contributed by atoms with Gasteiger partial charge >= 0.3 is 0 Å². The molecule has 1 saturated carbocycles. The molecule has 0 unspecified atom stereocenters. The van der Waals surface area contributed by atoms with Crippen molar-refractivity contribution >= 4 is 22.6 Å². The minimum atomic E-state index is -2.68. The van der Waals surface area contributed by atoms with Crippen LogP contribution in [0.2, 0.25) is 0 Å². The number of benzene rings is 1. The van der Waals surface area contributed by atoms with Gasteiger partial charge in [0.2, 0.25) is 11.8 Å². The highest BCUT2D eigenvalue weighted by atomic mass is 19.3. The number of fused-ring (bicyclic) bond motifs is 1. The van der Waals surface area contributed by atoms with Gasteiger partial charge in [-0.2, -0.15) is 0 Å². The third kappa shape index (κ3) is 4.23. The number of halogens is 2. The predicted molar refractivity (Wildman–Crippen MR) is 117 cm³/mol. The van der Waals surface area contributed by atoms with Crippen molar-refractivity contribution in [1.82, 2.24) is 25.3 Å². The maximum atomic E-state index is 13.5. The van der Waals surface area contributed by atoms with Gasteiger partial charge < -0.3 is 15.5 Å². The maximum Gasteiger partial charge on any atom is 0.273 e. The molecule has 3 heterocycles. The van der Waals surface area contributed by atoms with Gasteiger partial charge in [-0.05, 0) is 31.0 Å². The average Bonchev–Trinajstić information content (AvgIpc) is 3.35. The van der Waals surface area contributed by atoms with Crippen molar-refractivity contribution in [2.24, 2.45) is 0 Å². The first-order valence-corrected chi connectivity index (χ1v) is 10.5. The minimum absolute atomic E-state index is 0.0797. The predicted octanol–water partition coefficient (Wildman–Crippen LogP) is 4.24. The van der Waals surface area contributed by atoms with Crippen molar-refractivity contribution in [3.05, 3.63) is 54.7 Å². The summed E-state index contributed by atoms with van der Waals surface area (Å²) in [4.78, 5) is 30.3. The number of nitrogen functional groups attached to an aromatic ring is 1. The Labute approximate surface area is 187 Å². The summed E-state index contributed by atoms with van der Waals surface area (Å²) in [6.45, 7) is 0. The third-order valence-corrected chi connectivity index (χ3v) is 5.70. The van der Waals surface area contributed by atoms with Gasteiger partial charge in [0.15, 0.2) is 17.2 Å². The maximum absolute atomic E-state index is 13.5. The fourth-order valence-electron chi connectivity index (χ4n) is 3.97. The van der Waals surface area contributed by atoms with Gasteiger partial charge in [-0.1, -0.05) is 12.1 Å². The number of nitrogens with zero attached hydrogens (tertiary/aromatic N) is 4. The molecule has 33 heavy (non-hydrogen) atoms. The van der Waals surface area contributed by atoms with E-state index in [0.717, 1.165) is 10.9 Å². The second-order valence-corrected chi connectivity index (χ2v) is 8.01. The Bertz CT molecular complexity index is 1320. The number of anilines is 1. The summed E-state index contributed by atoms with van der Waals surface area (Å²) >= 11 is 0. The van der Waals surface area contributed by atoms with Crippen molar-refractivity contribution in [3.63, 3.8) is 0 Å². The van der Waals surface area contributed by atoms with Crippen LogP contribution in [-0.4, -0.2) is 37.8 Å². The van der Waals surface area contributed by atoms with Crippen molar-refractivity contribution in [2.45, 2.75) is 37.6 Å². The molecule has 0 atom stereocenters. The number of amides is 1. The first-order valence-electron chi connectivity index (χ1n) is 10.5. The van der Waals surface area contributed by atoms with Crippen molar-refractivity contribution in [2.75, 3.05) is 5.73 Å². The number of carbonyl (C=O) groups is 1. The Morgan fingerprint density at radius 2 is 1.91 bits per heavy atom. The van der Waals surface area contributed by atoms with Crippen molar-refractivity contribution in [1.29, 1.82) is 0 Å². The lowest BCUT2D eigenvalue weighted by molar-refractivity contribution is -0.0399. The molecule has 0 bridgehead atoms. The Hall–Kier alpha value is -3.95. The SMILES string of the molecule is Nc1nc(-c2ncco2)c(-c2ccc3ncccc3c2)nc1C(=O)NC1CCC(F)(F)CC1. The highest BCUT2D eigenvalue weighted by Crippen LogP contribution is 2.34. The zero-order valence-corrected chi connectivity index (χ0v) is 17.5. The van der Waals surface area contributed by atoms with Crippen LogP contribution < -0.4 is 11.1 Å². The number of aromatic nitrogens is 4. The second-order valence-electron chi connectivity index (χ2n) is 8.01. The van der Waals surface area contributed by atoms with Crippen molar-refractivity contribution in [3.8, 4) is 22.8 Å². The van der Waals surface area contributed by atoms with Crippen LogP contribution >= 0.6 is 0 Å². The standard InChI is InChI=1S/C23H20F2N6O2/c24-23(25)7-5-15(6-8-23)29-21(32)19-20(26)31-18(22-28-10-11-33-22)17(30-19)14-3-4-16-13(12-14)2-1-9-27-16/h1-4,9-12,15H,5-8H2,(H2,26,31)(H,29,32). The monoisotopic (exact) mass is 450 g/mol. The van der Waals surface area contributed by atoms with Gasteiger partial charge in [0.25, 0.3) is 5.91 Å². The zero-order valence-electron chi connectivity index (χ0n) is 17.5. The molecule has 168 valence electrons. The number of oxazole rings is 1. The van der Waals surface area contributed by atoms with Crippen molar-refractivity contribution < 1.29 is 18.0 Å². The zero-order chi connectivity index (χ0) is 23.0. The van der Waals surface area contributed by atoms with Gasteiger partial charge in [0.05, 0.1) is 11.7 Å².